The Bertz CT molecular complexity index is 134. The van der Waals surface area contributed by atoms with Gasteiger partial charge in [0.1, 0.15) is 6.10 Å². The molecule has 2 nitrogen and oxygen atoms in total. The van der Waals surface area contributed by atoms with Crippen LogP contribution < -0.4 is 0 Å². The van der Waals surface area contributed by atoms with Crippen LogP contribution >= 0.6 is 0 Å². The zero-order valence-electron chi connectivity index (χ0n) is 7.79. The van der Waals surface area contributed by atoms with Crippen LogP contribution in [0.1, 0.15) is 45.4 Å². The molecule has 2 atom stereocenters. The van der Waals surface area contributed by atoms with Crippen molar-refractivity contribution in [2.75, 3.05) is 0 Å². The van der Waals surface area contributed by atoms with Crippen molar-refractivity contribution in [2.24, 2.45) is 0 Å². The zero-order valence-corrected chi connectivity index (χ0v) is 7.79. The predicted molar refractivity (Wildman–Crippen MR) is 48.1 cm³/mol. The molecule has 1 fully saturated rings. The van der Waals surface area contributed by atoms with E-state index in [-0.39, 0.29) is 12.2 Å². The molecule has 1 aliphatic rings. The molecule has 70 valence electrons. The molecule has 12 heavy (non-hydrogen) atoms. The molecule has 0 N–H and O–H groups in total. The number of ether oxygens (including phenoxy) is 1. The van der Waals surface area contributed by atoms with Gasteiger partial charge >= 0.3 is 0 Å². The lowest BCUT2D eigenvalue weighted by Gasteiger charge is -1.96. The molecule has 1 rings (SSSR count). The summed E-state index contributed by atoms with van der Waals surface area (Å²) in [5, 5.41) is 0. The fourth-order valence-electron chi connectivity index (χ4n) is 1.46. The minimum Gasteiger partial charge on any atom is -0.362 e. The molecule has 2 heteroatoms. The van der Waals surface area contributed by atoms with Gasteiger partial charge in [0.05, 0.1) is 6.10 Å². The van der Waals surface area contributed by atoms with Crippen molar-refractivity contribution in [3.05, 3.63) is 0 Å². The van der Waals surface area contributed by atoms with E-state index in [4.69, 9.17) is 4.74 Å². The third kappa shape index (κ3) is 3.35. The monoisotopic (exact) mass is 170 g/mol. The summed E-state index contributed by atoms with van der Waals surface area (Å²) in [6, 6.07) is 0. The van der Waals surface area contributed by atoms with Gasteiger partial charge in [0, 0.05) is 0 Å². The molecule has 0 aromatic carbocycles. The fourth-order valence-corrected chi connectivity index (χ4v) is 1.46. The predicted octanol–water partition coefficient (Wildman–Crippen LogP) is 2.31. The highest BCUT2D eigenvalue weighted by Crippen LogP contribution is 2.25. The molecule has 0 saturated carbocycles. The van der Waals surface area contributed by atoms with Crippen molar-refractivity contribution in [3.63, 3.8) is 0 Å². The van der Waals surface area contributed by atoms with Crippen molar-refractivity contribution in [1.29, 1.82) is 0 Å². The third-order valence-electron chi connectivity index (χ3n) is 2.35. The summed E-state index contributed by atoms with van der Waals surface area (Å²) in [5.41, 5.74) is 0. The van der Waals surface area contributed by atoms with Crippen LogP contribution in [-0.4, -0.2) is 18.5 Å². The Balaban J connectivity index is 1.81. The molecule has 0 aromatic heterocycles. The smallest absolute Gasteiger partial charge is 0.151 e. The number of carbonyl (C=O) groups excluding carboxylic acids is 1. The fraction of sp³-hybridized carbons (Fsp3) is 0.900. The minimum atomic E-state index is -0.0591. The maximum atomic E-state index is 10.2. The van der Waals surface area contributed by atoms with E-state index in [0.29, 0.717) is 0 Å². The van der Waals surface area contributed by atoms with Gasteiger partial charge in [-0.05, 0) is 6.42 Å². The number of hydrogen-bond acceptors (Lipinski definition) is 2. The van der Waals surface area contributed by atoms with Gasteiger partial charge in [-0.3, -0.25) is 0 Å². The Hall–Kier alpha value is -0.370. The average molecular weight is 170 g/mol. The summed E-state index contributed by atoms with van der Waals surface area (Å²) in [6.45, 7) is 2.21. The first kappa shape index (κ1) is 9.72. The van der Waals surface area contributed by atoms with Gasteiger partial charge in [-0.2, -0.15) is 0 Å². The maximum absolute atomic E-state index is 10.2. The Labute approximate surface area is 74.3 Å². The van der Waals surface area contributed by atoms with Crippen molar-refractivity contribution in [3.8, 4) is 0 Å². The summed E-state index contributed by atoms with van der Waals surface area (Å²) < 4.78 is 5.10. The molecule has 0 radical (unpaired) electrons. The van der Waals surface area contributed by atoms with E-state index in [1.54, 1.807) is 0 Å². The van der Waals surface area contributed by atoms with E-state index >= 15 is 0 Å². The van der Waals surface area contributed by atoms with Crippen molar-refractivity contribution < 1.29 is 9.53 Å². The molecule has 0 aliphatic carbocycles. The van der Waals surface area contributed by atoms with Gasteiger partial charge in [0.15, 0.2) is 6.29 Å². The standard InChI is InChI=1S/C10H18O2/c1-2-3-4-5-6-7-9-10(8-11)12-9/h8-10H,2-7H2,1H3/t9-,10-/m1/s1. The van der Waals surface area contributed by atoms with Crippen LogP contribution in [0.15, 0.2) is 0 Å². The van der Waals surface area contributed by atoms with E-state index in [1.165, 1.54) is 32.1 Å². The van der Waals surface area contributed by atoms with Gasteiger partial charge in [-0.1, -0.05) is 39.0 Å². The lowest BCUT2D eigenvalue weighted by Crippen LogP contribution is -1.94. The quantitative estimate of drug-likeness (QED) is 0.333. The lowest BCUT2D eigenvalue weighted by molar-refractivity contribution is -0.108. The average Bonchev–Trinajstić information content (AvgIpc) is 2.83. The molecule has 0 spiro atoms. The number of epoxide rings is 1. The highest BCUT2D eigenvalue weighted by Gasteiger charge is 2.37. The third-order valence-corrected chi connectivity index (χ3v) is 2.35. The van der Waals surface area contributed by atoms with Gasteiger partial charge in [0.25, 0.3) is 0 Å². The van der Waals surface area contributed by atoms with Crippen LogP contribution in [0.3, 0.4) is 0 Å². The van der Waals surface area contributed by atoms with E-state index in [9.17, 15) is 4.79 Å². The summed E-state index contributed by atoms with van der Waals surface area (Å²) in [5.74, 6) is 0. The van der Waals surface area contributed by atoms with E-state index in [2.05, 4.69) is 6.92 Å². The molecule has 1 aliphatic heterocycles. The Morgan fingerprint density at radius 1 is 1.25 bits per heavy atom. The second kappa shape index (κ2) is 5.31. The maximum Gasteiger partial charge on any atom is 0.151 e. The second-order valence-corrected chi connectivity index (χ2v) is 3.48. The molecule has 0 amide bonds. The molecule has 1 heterocycles. The number of carbonyl (C=O) groups is 1. The van der Waals surface area contributed by atoms with Crippen LogP contribution in [-0.2, 0) is 9.53 Å². The Morgan fingerprint density at radius 2 is 2.00 bits per heavy atom. The molecule has 0 unspecified atom stereocenters. The molecular formula is C10H18O2. The largest absolute Gasteiger partial charge is 0.362 e. The van der Waals surface area contributed by atoms with Gasteiger partial charge < -0.3 is 9.53 Å². The number of hydrogen-bond donors (Lipinski definition) is 0. The van der Waals surface area contributed by atoms with Crippen molar-refractivity contribution >= 4 is 6.29 Å². The molecular weight excluding hydrogens is 152 g/mol. The molecule has 0 aromatic rings. The summed E-state index contributed by atoms with van der Waals surface area (Å²) in [7, 11) is 0. The first-order valence-corrected chi connectivity index (χ1v) is 4.99. The van der Waals surface area contributed by atoms with Crippen molar-refractivity contribution in [1.82, 2.24) is 0 Å². The summed E-state index contributed by atoms with van der Waals surface area (Å²) in [6.07, 6.45) is 8.66. The topological polar surface area (TPSA) is 29.6 Å². The SMILES string of the molecule is CCCCCCC[C@H]1O[C@@H]1C=O. The van der Waals surface area contributed by atoms with Crippen LogP contribution in [0.5, 0.6) is 0 Å². The van der Waals surface area contributed by atoms with Crippen LogP contribution in [0.25, 0.3) is 0 Å². The number of aldehydes is 1. The summed E-state index contributed by atoms with van der Waals surface area (Å²) >= 11 is 0. The zero-order chi connectivity index (χ0) is 8.81. The van der Waals surface area contributed by atoms with E-state index < -0.39 is 0 Å². The highest BCUT2D eigenvalue weighted by molar-refractivity contribution is 5.60. The first-order chi connectivity index (χ1) is 5.88. The number of unbranched alkanes of at least 4 members (excludes halogenated alkanes) is 4. The minimum absolute atomic E-state index is 0.0591. The number of rotatable bonds is 7. The normalized spacial score (nSPS) is 27.1. The molecule has 1 saturated heterocycles. The van der Waals surface area contributed by atoms with E-state index in [0.717, 1.165) is 12.7 Å². The van der Waals surface area contributed by atoms with Crippen LogP contribution in [0.4, 0.5) is 0 Å². The lowest BCUT2D eigenvalue weighted by atomic mass is 10.1. The van der Waals surface area contributed by atoms with Crippen molar-refractivity contribution in [2.45, 2.75) is 57.7 Å². The van der Waals surface area contributed by atoms with Crippen LogP contribution in [0, 0.1) is 0 Å². The molecule has 0 bridgehead atoms. The Kier molecular flexibility index (Phi) is 4.30. The summed E-state index contributed by atoms with van der Waals surface area (Å²) in [4.78, 5) is 10.2. The second-order valence-electron chi connectivity index (χ2n) is 3.48. The van der Waals surface area contributed by atoms with Gasteiger partial charge in [-0.15, -0.1) is 0 Å². The van der Waals surface area contributed by atoms with E-state index in [1.807, 2.05) is 0 Å². The Morgan fingerprint density at radius 3 is 2.58 bits per heavy atom. The van der Waals surface area contributed by atoms with Gasteiger partial charge in [0.2, 0.25) is 0 Å². The van der Waals surface area contributed by atoms with Crippen LogP contribution in [0.2, 0.25) is 0 Å². The first-order valence-electron chi connectivity index (χ1n) is 4.99. The highest BCUT2D eigenvalue weighted by atomic mass is 16.6. The van der Waals surface area contributed by atoms with Gasteiger partial charge in [-0.25, -0.2) is 0 Å².